The van der Waals surface area contributed by atoms with Crippen molar-refractivity contribution >= 4 is 23.3 Å². The van der Waals surface area contributed by atoms with Crippen LogP contribution in [0.4, 0.5) is 5.82 Å². The minimum absolute atomic E-state index is 0.00926. The molecule has 3 aliphatic carbocycles. The molecule has 1 aliphatic heterocycles. The Labute approximate surface area is 222 Å². The number of nitrogens with one attached hydrogen (secondary N) is 1. The number of carbonyl (C=O) groups is 1. The first-order valence-corrected chi connectivity index (χ1v) is 14.0. The average Bonchev–Trinajstić information content (AvgIpc) is 3.48. The number of aromatic nitrogens is 4. The number of carbonyl (C=O) groups excluding carboxylic acids is 1. The first-order chi connectivity index (χ1) is 17.9. The van der Waals surface area contributed by atoms with E-state index in [4.69, 9.17) is 11.6 Å². The Morgan fingerprint density at radius 3 is 2.70 bits per heavy atom. The average molecular weight is 517 g/mol. The summed E-state index contributed by atoms with van der Waals surface area (Å²) in [5, 5.41) is 12.5. The molecule has 3 heterocycles. The minimum atomic E-state index is 0.00926. The number of fused-ring (bicyclic) bond motifs is 1. The molecule has 3 aromatic rings. The van der Waals surface area contributed by atoms with Crippen LogP contribution >= 0.6 is 11.6 Å². The fourth-order valence-corrected chi connectivity index (χ4v) is 7.18. The number of anilines is 1. The zero-order valence-corrected chi connectivity index (χ0v) is 22.1. The summed E-state index contributed by atoms with van der Waals surface area (Å²) in [7, 11) is 2.01. The third-order valence-electron chi connectivity index (χ3n) is 9.24. The van der Waals surface area contributed by atoms with Crippen LogP contribution in [0.1, 0.15) is 77.8 Å². The van der Waals surface area contributed by atoms with Crippen molar-refractivity contribution in [3.05, 3.63) is 69.9 Å². The summed E-state index contributed by atoms with van der Waals surface area (Å²) < 4.78 is 2.02. The van der Waals surface area contributed by atoms with Crippen LogP contribution in [0.15, 0.2) is 36.7 Å². The highest BCUT2D eigenvalue weighted by atomic mass is 35.5. The number of rotatable bonds is 8. The van der Waals surface area contributed by atoms with Crippen LogP contribution in [0, 0.1) is 11.3 Å². The zero-order valence-electron chi connectivity index (χ0n) is 21.3. The molecule has 1 amide bonds. The minimum Gasteiger partial charge on any atom is -0.321 e. The van der Waals surface area contributed by atoms with Gasteiger partial charge in [0.1, 0.15) is 23.1 Å². The van der Waals surface area contributed by atoms with E-state index in [1.807, 2.05) is 23.7 Å². The van der Waals surface area contributed by atoms with Crippen molar-refractivity contribution in [2.75, 3.05) is 11.4 Å². The monoisotopic (exact) mass is 516 g/mol. The quantitative estimate of drug-likeness (QED) is 0.428. The molecule has 1 spiro atoms. The summed E-state index contributed by atoms with van der Waals surface area (Å²) in [6.45, 7) is 2.29. The normalized spacial score (nSPS) is 21.1. The molecule has 192 valence electrons. The van der Waals surface area contributed by atoms with E-state index < -0.39 is 0 Å². The molecular weight excluding hydrogens is 484 g/mol. The van der Waals surface area contributed by atoms with Gasteiger partial charge in [-0.05, 0) is 91.3 Å². The zero-order chi connectivity index (χ0) is 25.2. The Morgan fingerprint density at radius 1 is 1.16 bits per heavy atom. The van der Waals surface area contributed by atoms with E-state index in [1.165, 1.54) is 37.7 Å². The van der Waals surface area contributed by atoms with Gasteiger partial charge in [0.2, 0.25) is 0 Å². The Balaban J connectivity index is 1.15. The summed E-state index contributed by atoms with van der Waals surface area (Å²) in [4.78, 5) is 20.0. The van der Waals surface area contributed by atoms with Gasteiger partial charge in [-0.1, -0.05) is 30.2 Å². The van der Waals surface area contributed by atoms with Crippen molar-refractivity contribution in [3.63, 3.8) is 0 Å². The van der Waals surface area contributed by atoms with Crippen LogP contribution < -0.4 is 10.2 Å². The maximum atomic E-state index is 13.7. The summed E-state index contributed by atoms with van der Waals surface area (Å²) in [5.41, 5.74) is 4.66. The molecule has 7 nitrogen and oxygen atoms in total. The Hall–Kier alpha value is -2.77. The molecule has 0 unspecified atom stereocenters. The van der Waals surface area contributed by atoms with Crippen LogP contribution in [0.3, 0.4) is 0 Å². The van der Waals surface area contributed by atoms with Crippen LogP contribution in [-0.2, 0) is 32.0 Å². The second kappa shape index (κ2) is 8.63. The van der Waals surface area contributed by atoms with Gasteiger partial charge in [0, 0.05) is 31.0 Å². The van der Waals surface area contributed by atoms with Crippen molar-refractivity contribution in [3.8, 4) is 0 Å². The standard InChI is InChI=1S/C29H33ClN6O/c1-35-18-32-34-26(35)12-29(16-28(17-29)7-2-8-28)22-6-5-21-15-36(27(37)23(21)11-22)25-10-20(9-24(30)33-25)14-31-13-19-3-4-19/h5-6,9-11,18-19,31H,2-4,7-8,12-17H2,1H3. The Morgan fingerprint density at radius 2 is 2.00 bits per heavy atom. The molecular formula is C29H33ClN6O. The van der Waals surface area contributed by atoms with Gasteiger partial charge in [-0.15, -0.1) is 10.2 Å². The number of hydrogen-bond donors (Lipinski definition) is 1. The van der Waals surface area contributed by atoms with E-state index in [-0.39, 0.29) is 11.3 Å². The number of benzene rings is 1. The third-order valence-corrected chi connectivity index (χ3v) is 9.44. The SMILES string of the molecule is Cn1cnnc1CC1(c2ccc3c(c2)C(=O)N(c2cc(CNCC4CC4)cc(Cl)n2)C3)CC2(CCC2)C1. The lowest BCUT2D eigenvalue weighted by molar-refractivity contribution is -0.0500. The molecule has 1 N–H and O–H groups in total. The summed E-state index contributed by atoms with van der Waals surface area (Å²) in [5.74, 6) is 2.46. The molecule has 1 aromatic carbocycles. The van der Waals surface area contributed by atoms with Gasteiger partial charge in [0.25, 0.3) is 5.91 Å². The van der Waals surface area contributed by atoms with E-state index in [1.54, 1.807) is 11.2 Å². The predicted molar refractivity (Wildman–Crippen MR) is 143 cm³/mol. The Bertz CT molecular complexity index is 1370. The highest BCUT2D eigenvalue weighted by Gasteiger charge is 2.58. The summed E-state index contributed by atoms with van der Waals surface area (Å²) in [6.07, 6.45) is 11.6. The molecule has 2 aromatic heterocycles. The first kappa shape index (κ1) is 23.4. The molecule has 7 rings (SSSR count). The molecule has 8 heteroatoms. The van der Waals surface area contributed by atoms with Crippen LogP contribution in [0.25, 0.3) is 0 Å². The van der Waals surface area contributed by atoms with Crippen molar-refractivity contribution in [1.29, 1.82) is 0 Å². The second-order valence-corrected chi connectivity index (χ2v) is 12.4. The molecule has 0 bridgehead atoms. The van der Waals surface area contributed by atoms with E-state index in [9.17, 15) is 4.79 Å². The molecule has 0 atom stereocenters. The molecule has 0 radical (unpaired) electrons. The van der Waals surface area contributed by atoms with Crippen LogP contribution in [0.5, 0.6) is 0 Å². The number of nitrogens with zero attached hydrogens (tertiary/aromatic N) is 5. The first-order valence-electron chi connectivity index (χ1n) is 13.6. The molecule has 3 fully saturated rings. The third kappa shape index (κ3) is 4.16. The largest absolute Gasteiger partial charge is 0.321 e. The topological polar surface area (TPSA) is 75.9 Å². The van der Waals surface area contributed by atoms with E-state index >= 15 is 0 Å². The van der Waals surface area contributed by atoms with Crippen molar-refractivity contribution in [2.45, 2.75) is 69.9 Å². The van der Waals surface area contributed by atoms with Crippen molar-refractivity contribution in [1.82, 2.24) is 25.1 Å². The Kier molecular flexibility index (Phi) is 5.45. The van der Waals surface area contributed by atoms with Gasteiger partial charge in [0.15, 0.2) is 0 Å². The number of aryl methyl sites for hydroxylation is 1. The fourth-order valence-electron chi connectivity index (χ4n) is 6.95. The van der Waals surface area contributed by atoms with Crippen LogP contribution in [0.2, 0.25) is 5.15 Å². The van der Waals surface area contributed by atoms with Gasteiger partial charge in [0.05, 0.1) is 6.54 Å². The maximum Gasteiger partial charge on any atom is 0.260 e. The summed E-state index contributed by atoms with van der Waals surface area (Å²) >= 11 is 6.39. The lowest BCUT2D eigenvalue weighted by Crippen LogP contribution is -2.54. The van der Waals surface area contributed by atoms with E-state index in [0.717, 1.165) is 60.8 Å². The number of amides is 1. The molecule has 37 heavy (non-hydrogen) atoms. The van der Waals surface area contributed by atoms with Crippen LogP contribution in [-0.4, -0.2) is 32.2 Å². The van der Waals surface area contributed by atoms with E-state index in [0.29, 0.717) is 22.9 Å². The van der Waals surface area contributed by atoms with Gasteiger partial charge in [-0.3, -0.25) is 9.69 Å². The van der Waals surface area contributed by atoms with Gasteiger partial charge >= 0.3 is 0 Å². The second-order valence-electron chi connectivity index (χ2n) is 12.0. The molecule has 3 saturated carbocycles. The molecule has 0 saturated heterocycles. The van der Waals surface area contributed by atoms with Gasteiger partial charge in [-0.2, -0.15) is 0 Å². The van der Waals surface area contributed by atoms with Crippen molar-refractivity contribution < 1.29 is 4.79 Å². The predicted octanol–water partition coefficient (Wildman–Crippen LogP) is 4.97. The highest BCUT2D eigenvalue weighted by molar-refractivity contribution is 6.29. The van der Waals surface area contributed by atoms with Gasteiger partial charge in [-0.25, -0.2) is 4.98 Å². The smallest absolute Gasteiger partial charge is 0.260 e. The fraction of sp³-hybridized carbons (Fsp3) is 0.517. The number of hydrogen-bond acceptors (Lipinski definition) is 5. The highest BCUT2D eigenvalue weighted by Crippen LogP contribution is 2.66. The van der Waals surface area contributed by atoms with Crippen molar-refractivity contribution in [2.24, 2.45) is 18.4 Å². The number of pyridine rings is 1. The maximum absolute atomic E-state index is 13.7. The van der Waals surface area contributed by atoms with Gasteiger partial charge < -0.3 is 9.88 Å². The lowest BCUT2D eigenvalue weighted by Gasteiger charge is -2.61. The molecule has 4 aliphatic rings. The lowest BCUT2D eigenvalue weighted by atomic mass is 9.43. The summed E-state index contributed by atoms with van der Waals surface area (Å²) in [6, 6.07) is 10.4. The number of halogens is 1. The van der Waals surface area contributed by atoms with E-state index in [2.05, 4.69) is 38.7 Å².